The van der Waals surface area contributed by atoms with Crippen molar-refractivity contribution in [2.24, 2.45) is 0 Å². The fraction of sp³-hybridized carbons (Fsp3) is 0.412. The van der Waals surface area contributed by atoms with E-state index < -0.39 is 23.9 Å². The Morgan fingerprint density at radius 3 is 1.24 bits per heavy atom. The summed E-state index contributed by atoms with van der Waals surface area (Å²) in [6.07, 6.45) is 3.45. The van der Waals surface area contributed by atoms with Crippen molar-refractivity contribution >= 4 is 23.9 Å². The molecule has 140 valence electrons. The molecule has 0 aliphatic heterocycles. The van der Waals surface area contributed by atoms with Gasteiger partial charge in [-0.15, -0.1) is 0 Å². The van der Waals surface area contributed by atoms with Crippen LogP contribution in [0.25, 0.3) is 0 Å². The quantitative estimate of drug-likeness (QED) is 0.383. The van der Waals surface area contributed by atoms with Crippen LogP contribution in [0.5, 0.6) is 0 Å². The third kappa shape index (κ3) is 9.75. The average molecular weight is 356 g/mol. The number of carboxylic acids is 4. The summed E-state index contributed by atoms with van der Waals surface area (Å²) in [7, 11) is 0. The first kappa shape index (κ1) is 24.4. The Morgan fingerprint density at radius 2 is 1.04 bits per heavy atom. The monoisotopic (exact) mass is 356 g/mol. The molecule has 0 heterocycles. The summed E-state index contributed by atoms with van der Waals surface area (Å²) < 4.78 is 0. The van der Waals surface area contributed by atoms with Crippen LogP contribution >= 0.6 is 0 Å². The maximum Gasteiger partial charge on any atom is 0.332 e. The number of rotatable bonds is 8. The van der Waals surface area contributed by atoms with Crippen molar-refractivity contribution in [3.8, 4) is 0 Å². The van der Waals surface area contributed by atoms with Crippen LogP contribution in [0.15, 0.2) is 34.4 Å². The predicted octanol–water partition coefficient (Wildman–Crippen LogP) is 2.71. The number of aliphatic carboxylic acids is 4. The fourth-order valence-corrected chi connectivity index (χ4v) is 1.62. The third-order valence-corrected chi connectivity index (χ3v) is 3.12. The van der Waals surface area contributed by atoms with Crippen molar-refractivity contribution in [2.45, 2.75) is 47.0 Å². The van der Waals surface area contributed by atoms with E-state index in [2.05, 4.69) is 0 Å². The Labute approximate surface area is 145 Å². The largest absolute Gasteiger partial charge is 0.478 e. The molecule has 0 spiro atoms. The minimum absolute atomic E-state index is 0.00926. The molecule has 0 aliphatic carbocycles. The lowest BCUT2D eigenvalue weighted by Crippen LogP contribution is -2.10. The lowest BCUT2D eigenvalue weighted by atomic mass is 10.0. The van der Waals surface area contributed by atoms with Gasteiger partial charge in [0.25, 0.3) is 0 Å². The second-order valence-electron chi connectivity index (χ2n) is 4.78. The minimum Gasteiger partial charge on any atom is -0.478 e. The van der Waals surface area contributed by atoms with E-state index in [4.69, 9.17) is 20.4 Å². The molecule has 0 radical (unpaired) electrons. The average Bonchev–Trinajstić information content (AvgIpc) is 2.52. The molecular formula is C17H24O8. The van der Waals surface area contributed by atoms with Crippen molar-refractivity contribution in [1.29, 1.82) is 0 Å². The second-order valence-corrected chi connectivity index (χ2v) is 4.78. The zero-order valence-electron chi connectivity index (χ0n) is 14.7. The molecule has 8 nitrogen and oxygen atoms in total. The Bertz CT molecular complexity index is 584. The van der Waals surface area contributed by atoms with Crippen molar-refractivity contribution in [2.75, 3.05) is 0 Å². The van der Waals surface area contributed by atoms with E-state index in [1.807, 2.05) is 0 Å². The van der Waals surface area contributed by atoms with Crippen LogP contribution in [0, 0.1) is 0 Å². The summed E-state index contributed by atoms with van der Waals surface area (Å²) in [5.74, 6) is -4.34. The Morgan fingerprint density at radius 1 is 0.640 bits per heavy atom. The van der Waals surface area contributed by atoms with Gasteiger partial charge in [0, 0.05) is 22.3 Å². The molecule has 0 aromatic carbocycles. The van der Waals surface area contributed by atoms with E-state index in [-0.39, 0.29) is 35.1 Å². The number of carboxylic acid groups (broad SMARTS) is 4. The Hall–Kier alpha value is -2.90. The summed E-state index contributed by atoms with van der Waals surface area (Å²) in [6.45, 7) is 6.36. The van der Waals surface area contributed by atoms with Crippen LogP contribution in [0.1, 0.15) is 47.0 Å². The summed E-state index contributed by atoms with van der Waals surface area (Å²) in [5.41, 5.74) is 0.294. The van der Waals surface area contributed by atoms with E-state index in [0.29, 0.717) is 6.42 Å². The van der Waals surface area contributed by atoms with Gasteiger partial charge in [-0.1, -0.05) is 32.9 Å². The van der Waals surface area contributed by atoms with E-state index in [0.717, 1.165) is 0 Å². The molecular weight excluding hydrogens is 332 g/mol. The highest BCUT2D eigenvalue weighted by atomic mass is 16.4. The number of hydrogen-bond acceptors (Lipinski definition) is 4. The summed E-state index contributed by atoms with van der Waals surface area (Å²) >= 11 is 0. The first-order valence-electron chi connectivity index (χ1n) is 7.55. The molecule has 0 amide bonds. The number of carbonyl (C=O) groups is 4. The van der Waals surface area contributed by atoms with E-state index in [9.17, 15) is 19.2 Å². The van der Waals surface area contributed by atoms with Crippen LogP contribution in [0.3, 0.4) is 0 Å². The Balaban J connectivity index is 0. The minimum atomic E-state index is -1.14. The Kier molecular flexibility index (Phi) is 12.2. The standard InChI is InChI=1S/C9H12O4.C8H12O4/c1-3-7(9(12)13)5-4-6(2)8(10)11;1-3-5(7(9)10)6(4-2)8(11)12/h4-5H,3H2,1-2H3,(H,10,11)(H,12,13);3-4H2,1-2H3,(H,9,10)(H,11,12)/b;6-5-. The highest BCUT2D eigenvalue weighted by molar-refractivity contribution is 5.98. The van der Waals surface area contributed by atoms with Gasteiger partial charge in [0.05, 0.1) is 0 Å². The van der Waals surface area contributed by atoms with Crippen LogP contribution in [-0.4, -0.2) is 44.3 Å². The molecule has 0 aromatic rings. The molecule has 25 heavy (non-hydrogen) atoms. The second kappa shape index (κ2) is 12.5. The van der Waals surface area contributed by atoms with Crippen molar-refractivity contribution < 1.29 is 39.6 Å². The molecule has 0 atom stereocenters. The first-order valence-corrected chi connectivity index (χ1v) is 7.55. The van der Waals surface area contributed by atoms with Gasteiger partial charge >= 0.3 is 23.9 Å². The zero-order valence-corrected chi connectivity index (χ0v) is 14.7. The predicted molar refractivity (Wildman–Crippen MR) is 90.3 cm³/mol. The molecule has 0 saturated carbocycles. The molecule has 0 fully saturated rings. The van der Waals surface area contributed by atoms with Crippen molar-refractivity contribution in [1.82, 2.24) is 0 Å². The van der Waals surface area contributed by atoms with Crippen LogP contribution in [0.2, 0.25) is 0 Å². The van der Waals surface area contributed by atoms with Gasteiger partial charge in [-0.25, -0.2) is 19.2 Å². The van der Waals surface area contributed by atoms with Crippen LogP contribution in [0.4, 0.5) is 0 Å². The third-order valence-electron chi connectivity index (χ3n) is 3.12. The zero-order chi connectivity index (χ0) is 20.2. The fourth-order valence-electron chi connectivity index (χ4n) is 1.62. The van der Waals surface area contributed by atoms with Gasteiger partial charge in [0.15, 0.2) is 0 Å². The smallest absolute Gasteiger partial charge is 0.332 e. The topological polar surface area (TPSA) is 149 Å². The maximum atomic E-state index is 10.5. The maximum absolute atomic E-state index is 10.5. The van der Waals surface area contributed by atoms with Gasteiger partial charge in [-0.3, -0.25) is 0 Å². The summed E-state index contributed by atoms with van der Waals surface area (Å²) in [6, 6.07) is 0. The van der Waals surface area contributed by atoms with Crippen molar-refractivity contribution in [3.63, 3.8) is 0 Å². The van der Waals surface area contributed by atoms with Crippen molar-refractivity contribution in [3.05, 3.63) is 34.4 Å². The molecule has 0 aliphatic rings. The van der Waals surface area contributed by atoms with Crippen LogP contribution in [-0.2, 0) is 19.2 Å². The van der Waals surface area contributed by atoms with Crippen LogP contribution < -0.4 is 0 Å². The lowest BCUT2D eigenvalue weighted by Gasteiger charge is -2.03. The SMILES string of the molecule is CC/C(C(=O)O)=C(\CC)C(=O)O.CCC(=CC=C(C)C(=O)O)C(=O)O. The molecule has 0 aromatic heterocycles. The number of allylic oxidation sites excluding steroid dienone is 2. The lowest BCUT2D eigenvalue weighted by molar-refractivity contribution is -0.136. The highest BCUT2D eigenvalue weighted by Gasteiger charge is 2.16. The molecule has 0 bridgehead atoms. The molecule has 8 heteroatoms. The van der Waals surface area contributed by atoms with Gasteiger partial charge in [-0.2, -0.15) is 0 Å². The number of hydrogen-bond donors (Lipinski definition) is 4. The molecule has 0 unspecified atom stereocenters. The first-order chi connectivity index (χ1) is 11.5. The summed E-state index contributed by atoms with van der Waals surface area (Å²) in [5, 5.41) is 34.2. The van der Waals surface area contributed by atoms with E-state index in [1.54, 1.807) is 20.8 Å². The molecule has 4 N–H and O–H groups in total. The highest BCUT2D eigenvalue weighted by Crippen LogP contribution is 2.12. The van der Waals surface area contributed by atoms with E-state index >= 15 is 0 Å². The summed E-state index contributed by atoms with van der Waals surface area (Å²) in [4.78, 5) is 41.8. The van der Waals surface area contributed by atoms with Gasteiger partial charge in [0.1, 0.15) is 0 Å². The molecule has 0 rings (SSSR count). The van der Waals surface area contributed by atoms with Gasteiger partial charge in [-0.05, 0) is 26.2 Å². The molecule has 0 saturated heterocycles. The van der Waals surface area contributed by atoms with Gasteiger partial charge in [0.2, 0.25) is 0 Å². The normalized spacial score (nSPS) is 12.5. The van der Waals surface area contributed by atoms with Gasteiger partial charge < -0.3 is 20.4 Å². The van der Waals surface area contributed by atoms with E-state index in [1.165, 1.54) is 19.1 Å².